The van der Waals surface area contributed by atoms with Crippen LogP contribution < -0.4 is 0 Å². The van der Waals surface area contributed by atoms with Crippen LogP contribution in [0.4, 0.5) is 0 Å². The Kier molecular flexibility index (Phi) is 5.93. The Balaban J connectivity index is 2.03. The van der Waals surface area contributed by atoms with E-state index in [-0.39, 0.29) is 40.0 Å². The zero-order valence-corrected chi connectivity index (χ0v) is 20.7. The number of carbonyl (C=O) groups excluding carboxylic acids is 1. The molecule has 2 aliphatic rings. The van der Waals surface area contributed by atoms with Gasteiger partial charge in [0.2, 0.25) is 0 Å². The molecule has 0 saturated carbocycles. The van der Waals surface area contributed by atoms with Gasteiger partial charge in [-0.1, -0.05) is 65.5 Å². The number of thiocarbonyl (C=S) groups is 1. The quantitative estimate of drug-likeness (QED) is 0.514. The predicted molar refractivity (Wildman–Crippen MR) is 128 cm³/mol. The van der Waals surface area contributed by atoms with Crippen LogP contribution in [0.5, 0.6) is 5.75 Å². The Labute approximate surface area is 188 Å². The van der Waals surface area contributed by atoms with Crippen molar-refractivity contribution in [2.24, 2.45) is 0 Å². The summed E-state index contributed by atoms with van der Waals surface area (Å²) in [5, 5.41) is 10.9. The summed E-state index contributed by atoms with van der Waals surface area (Å²) in [6, 6.07) is 3.44. The van der Waals surface area contributed by atoms with E-state index < -0.39 is 9.84 Å². The fourth-order valence-corrected chi connectivity index (χ4v) is 6.91. The number of hydrogen-bond donors (Lipinski definition) is 1. The van der Waals surface area contributed by atoms with Crippen molar-refractivity contribution < 1.29 is 18.3 Å². The number of aromatic hydroxyl groups is 1. The van der Waals surface area contributed by atoms with Gasteiger partial charge in [-0.3, -0.25) is 9.69 Å². The van der Waals surface area contributed by atoms with Crippen LogP contribution in [0.3, 0.4) is 0 Å². The molecule has 1 aromatic rings. The summed E-state index contributed by atoms with van der Waals surface area (Å²) in [5.74, 6) is 0.106. The average molecular weight is 468 g/mol. The second-order valence-corrected chi connectivity index (χ2v) is 14.0. The molecule has 0 aromatic heterocycles. The number of carbonyl (C=O) groups is 1. The molecule has 164 valence electrons. The van der Waals surface area contributed by atoms with Crippen LogP contribution in [0, 0.1) is 0 Å². The Morgan fingerprint density at radius 1 is 1.13 bits per heavy atom. The minimum Gasteiger partial charge on any atom is -0.507 e. The number of amides is 1. The predicted octanol–water partition coefficient (Wildman–Crippen LogP) is 4.38. The van der Waals surface area contributed by atoms with Crippen molar-refractivity contribution in [3.05, 3.63) is 33.7 Å². The lowest BCUT2D eigenvalue weighted by molar-refractivity contribution is -0.123. The Morgan fingerprint density at radius 2 is 1.67 bits per heavy atom. The molecule has 2 saturated heterocycles. The van der Waals surface area contributed by atoms with Crippen LogP contribution in [0.2, 0.25) is 0 Å². The highest BCUT2D eigenvalue weighted by molar-refractivity contribution is 8.26. The summed E-state index contributed by atoms with van der Waals surface area (Å²) in [7, 11) is -3.11. The lowest BCUT2D eigenvalue weighted by Crippen LogP contribution is -2.39. The second kappa shape index (κ2) is 7.64. The first kappa shape index (κ1) is 23.3. The molecule has 0 aliphatic carbocycles. The molecule has 0 unspecified atom stereocenters. The minimum absolute atomic E-state index is 0.0335. The maximum Gasteiger partial charge on any atom is 0.266 e. The van der Waals surface area contributed by atoms with Crippen LogP contribution in [0.1, 0.15) is 64.7 Å². The first-order chi connectivity index (χ1) is 13.6. The number of hydrogen-bond acceptors (Lipinski definition) is 6. The molecule has 2 heterocycles. The molecule has 0 bridgehead atoms. The van der Waals surface area contributed by atoms with Crippen LogP contribution in [0.25, 0.3) is 6.08 Å². The van der Waals surface area contributed by atoms with Gasteiger partial charge in [-0.25, -0.2) is 8.42 Å². The monoisotopic (exact) mass is 467 g/mol. The third-order valence-electron chi connectivity index (χ3n) is 5.44. The number of thioether (sulfide) groups is 1. The smallest absolute Gasteiger partial charge is 0.266 e. The average Bonchev–Trinajstić information content (AvgIpc) is 3.05. The van der Waals surface area contributed by atoms with Crippen LogP contribution in [-0.4, -0.2) is 46.2 Å². The van der Waals surface area contributed by atoms with E-state index in [1.165, 1.54) is 16.7 Å². The molecular weight excluding hydrogens is 438 g/mol. The van der Waals surface area contributed by atoms with E-state index >= 15 is 0 Å². The SMILES string of the molecule is CC(C)(C)c1cc(/C=C2\SC(=S)N([C@H]3CCS(=O)(=O)C3)C2=O)cc(C(C)(C)C)c1O. The summed E-state index contributed by atoms with van der Waals surface area (Å²) in [6.07, 6.45) is 2.22. The maximum absolute atomic E-state index is 13.1. The van der Waals surface area contributed by atoms with Crippen molar-refractivity contribution in [2.75, 3.05) is 11.5 Å². The standard InChI is InChI=1S/C22H29NO4S3/c1-21(2,3)15-9-13(10-16(18(15)24)22(4,5)6)11-17-19(25)23(20(28)29-17)14-7-8-30(26,27)12-14/h9-11,14,24H,7-8,12H2,1-6H3/b17-11-/t14-/m0/s1. The number of phenolic OH excluding ortho intramolecular Hbond substituents is 1. The highest BCUT2D eigenvalue weighted by Crippen LogP contribution is 2.42. The Morgan fingerprint density at radius 3 is 2.10 bits per heavy atom. The highest BCUT2D eigenvalue weighted by atomic mass is 32.2. The van der Waals surface area contributed by atoms with Crippen molar-refractivity contribution in [2.45, 2.75) is 64.8 Å². The molecule has 1 aromatic carbocycles. The number of nitrogens with zero attached hydrogens (tertiary/aromatic N) is 1. The van der Waals surface area contributed by atoms with Gasteiger partial charge < -0.3 is 5.11 Å². The molecule has 3 rings (SSSR count). The van der Waals surface area contributed by atoms with E-state index in [9.17, 15) is 18.3 Å². The molecule has 2 aliphatic heterocycles. The van der Waals surface area contributed by atoms with Gasteiger partial charge in [0, 0.05) is 11.1 Å². The second-order valence-electron chi connectivity index (χ2n) is 10.1. The van der Waals surface area contributed by atoms with E-state index in [0.29, 0.717) is 15.6 Å². The van der Waals surface area contributed by atoms with Crippen molar-refractivity contribution in [3.8, 4) is 5.75 Å². The summed E-state index contributed by atoms with van der Waals surface area (Å²) in [5.41, 5.74) is 1.91. The zero-order valence-electron chi connectivity index (χ0n) is 18.3. The largest absolute Gasteiger partial charge is 0.507 e. The summed E-state index contributed by atoms with van der Waals surface area (Å²) >= 11 is 6.61. The van der Waals surface area contributed by atoms with Gasteiger partial charge in [0.15, 0.2) is 9.84 Å². The van der Waals surface area contributed by atoms with Gasteiger partial charge in [0.05, 0.1) is 22.5 Å². The molecule has 30 heavy (non-hydrogen) atoms. The van der Waals surface area contributed by atoms with E-state index in [0.717, 1.165) is 16.7 Å². The highest BCUT2D eigenvalue weighted by Gasteiger charge is 2.42. The van der Waals surface area contributed by atoms with E-state index in [1.807, 2.05) is 53.7 Å². The molecule has 0 spiro atoms. The number of sulfone groups is 1. The van der Waals surface area contributed by atoms with E-state index in [2.05, 4.69) is 0 Å². The topological polar surface area (TPSA) is 74.7 Å². The van der Waals surface area contributed by atoms with Crippen molar-refractivity contribution in [1.82, 2.24) is 4.90 Å². The minimum atomic E-state index is -3.11. The molecule has 1 amide bonds. The molecule has 8 heteroatoms. The number of benzene rings is 1. The van der Waals surface area contributed by atoms with Crippen molar-refractivity contribution in [1.29, 1.82) is 0 Å². The Bertz CT molecular complexity index is 1010. The molecule has 1 N–H and O–H groups in total. The van der Waals surface area contributed by atoms with Gasteiger partial charge >= 0.3 is 0 Å². The van der Waals surface area contributed by atoms with Gasteiger partial charge in [0.25, 0.3) is 5.91 Å². The molecule has 2 fully saturated rings. The van der Waals surface area contributed by atoms with Gasteiger partial charge in [0.1, 0.15) is 10.1 Å². The number of rotatable bonds is 2. The summed E-state index contributed by atoms with van der Waals surface area (Å²) in [4.78, 5) is 15.0. The first-order valence-corrected chi connectivity index (χ1v) is 13.0. The molecule has 1 atom stereocenters. The molecule has 0 radical (unpaired) electrons. The van der Waals surface area contributed by atoms with Crippen molar-refractivity contribution >= 4 is 50.1 Å². The van der Waals surface area contributed by atoms with Gasteiger partial charge in [-0.15, -0.1) is 0 Å². The summed E-state index contributed by atoms with van der Waals surface area (Å²) < 4.78 is 24.1. The maximum atomic E-state index is 13.1. The van der Waals surface area contributed by atoms with Crippen LogP contribution in [0.15, 0.2) is 17.0 Å². The first-order valence-electron chi connectivity index (χ1n) is 9.95. The fraction of sp³-hybridized carbons (Fsp3) is 0.545. The Hall–Kier alpha value is -1.38. The zero-order chi connectivity index (χ0) is 22.6. The van der Waals surface area contributed by atoms with Gasteiger partial charge in [-0.05, 0) is 41.0 Å². The van der Waals surface area contributed by atoms with E-state index in [1.54, 1.807) is 6.08 Å². The number of phenols is 1. The van der Waals surface area contributed by atoms with E-state index in [4.69, 9.17) is 12.2 Å². The third kappa shape index (κ3) is 4.60. The van der Waals surface area contributed by atoms with Crippen LogP contribution >= 0.6 is 24.0 Å². The molecular formula is C22H29NO4S3. The molecule has 5 nitrogen and oxygen atoms in total. The third-order valence-corrected chi connectivity index (χ3v) is 8.52. The van der Waals surface area contributed by atoms with Gasteiger partial charge in [-0.2, -0.15) is 0 Å². The lowest BCUT2D eigenvalue weighted by atomic mass is 9.78. The normalized spacial score (nSPS) is 23.6. The van der Waals surface area contributed by atoms with Crippen LogP contribution in [-0.2, 0) is 25.5 Å². The summed E-state index contributed by atoms with van der Waals surface area (Å²) in [6.45, 7) is 12.2. The fourth-order valence-electron chi connectivity index (χ4n) is 3.81. The van der Waals surface area contributed by atoms with Crippen molar-refractivity contribution in [3.63, 3.8) is 0 Å². The lowest BCUT2D eigenvalue weighted by Gasteiger charge is -2.28.